The second-order valence-corrected chi connectivity index (χ2v) is 7.01. The van der Waals surface area contributed by atoms with Gasteiger partial charge in [0.1, 0.15) is 17.2 Å². The van der Waals surface area contributed by atoms with E-state index in [0.717, 1.165) is 16.8 Å². The summed E-state index contributed by atoms with van der Waals surface area (Å²) in [7, 11) is 1.75. The standard InChI is InChI=1S/C22H21N5O2/c1-13-9-8-12-27-20(13)23-18(16-10-6-5-7-11-16)21(27)24-22(29)19(28)17-14(2)25-26(4)15(17)3/h5-12H,1-4H3,(H,24,29). The number of carbonyl (C=O) groups is 2. The first-order valence-corrected chi connectivity index (χ1v) is 9.27. The van der Waals surface area contributed by atoms with Crippen molar-refractivity contribution in [3.05, 3.63) is 71.2 Å². The molecule has 29 heavy (non-hydrogen) atoms. The number of fused-ring (bicyclic) bond motifs is 1. The highest BCUT2D eigenvalue weighted by Crippen LogP contribution is 2.30. The number of anilines is 1. The summed E-state index contributed by atoms with van der Waals surface area (Å²) in [6.07, 6.45) is 1.82. The molecule has 0 aliphatic heterocycles. The van der Waals surface area contributed by atoms with Crippen LogP contribution in [0.25, 0.3) is 16.9 Å². The third-order valence-electron chi connectivity index (χ3n) is 5.07. The summed E-state index contributed by atoms with van der Waals surface area (Å²) in [6.45, 7) is 5.45. The van der Waals surface area contributed by atoms with Gasteiger partial charge in [-0.05, 0) is 32.4 Å². The minimum absolute atomic E-state index is 0.330. The minimum atomic E-state index is -0.718. The molecule has 0 saturated heterocycles. The Morgan fingerprint density at radius 3 is 2.38 bits per heavy atom. The van der Waals surface area contributed by atoms with Gasteiger partial charge in [-0.3, -0.25) is 18.7 Å². The van der Waals surface area contributed by atoms with Crippen LogP contribution in [0, 0.1) is 20.8 Å². The van der Waals surface area contributed by atoms with E-state index >= 15 is 0 Å². The van der Waals surface area contributed by atoms with Gasteiger partial charge in [0.25, 0.3) is 11.7 Å². The summed E-state index contributed by atoms with van der Waals surface area (Å²) in [5.41, 5.74) is 4.67. The van der Waals surface area contributed by atoms with Crippen LogP contribution in [0.4, 0.5) is 5.82 Å². The average molecular weight is 387 g/mol. The fourth-order valence-electron chi connectivity index (χ4n) is 3.50. The molecule has 4 rings (SSSR count). The van der Waals surface area contributed by atoms with Crippen molar-refractivity contribution in [2.24, 2.45) is 7.05 Å². The SMILES string of the molecule is Cc1nn(C)c(C)c1C(=O)C(=O)Nc1c(-c2ccccc2)nc2c(C)cccn12. The van der Waals surface area contributed by atoms with Gasteiger partial charge < -0.3 is 5.32 Å². The van der Waals surface area contributed by atoms with Crippen LogP contribution in [0.1, 0.15) is 27.3 Å². The Labute approximate surface area is 168 Å². The number of ketones is 1. The molecule has 1 aromatic carbocycles. The Morgan fingerprint density at radius 2 is 1.72 bits per heavy atom. The molecule has 0 saturated carbocycles. The number of rotatable bonds is 4. The van der Waals surface area contributed by atoms with E-state index in [-0.39, 0.29) is 0 Å². The third-order valence-corrected chi connectivity index (χ3v) is 5.07. The van der Waals surface area contributed by atoms with E-state index in [9.17, 15) is 9.59 Å². The predicted molar refractivity (Wildman–Crippen MR) is 111 cm³/mol. The van der Waals surface area contributed by atoms with Gasteiger partial charge in [-0.15, -0.1) is 0 Å². The summed E-state index contributed by atoms with van der Waals surface area (Å²) in [5, 5.41) is 7.03. The maximum Gasteiger partial charge on any atom is 0.298 e. The Hall–Kier alpha value is -3.74. The summed E-state index contributed by atoms with van der Waals surface area (Å²) in [4.78, 5) is 30.5. The second kappa shape index (κ2) is 7.01. The van der Waals surface area contributed by atoms with Crippen LogP contribution in [0.3, 0.4) is 0 Å². The van der Waals surface area contributed by atoms with Crippen molar-refractivity contribution >= 4 is 23.2 Å². The van der Waals surface area contributed by atoms with Crippen LogP contribution < -0.4 is 5.32 Å². The van der Waals surface area contributed by atoms with Crippen LogP contribution in [0.15, 0.2) is 48.7 Å². The maximum absolute atomic E-state index is 12.9. The zero-order chi connectivity index (χ0) is 20.7. The van der Waals surface area contributed by atoms with Crippen molar-refractivity contribution < 1.29 is 9.59 Å². The molecule has 0 aliphatic carbocycles. The van der Waals surface area contributed by atoms with E-state index in [1.54, 1.807) is 30.0 Å². The summed E-state index contributed by atoms with van der Waals surface area (Å²) < 4.78 is 3.40. The smallest absolute Gasteiger partial charge is 0.298 e. The van der Waals surface area contributed by atoms with Gasteiger partial charge in [0, 0.05) is 24.5 Å². The molecule has 0 radical (unpaired) electrons. The van der Waals surface area contributed by atoms with Crippen molar-refractivity contribution in [2.45, 2.75) is 20.8 Å². The molecule has 0 aliphatic rings. The third kappa shape index (κ3) is 3.10. The van der Waals surface area contributed by atoms with Crippen LogP contribution in [-0.2, 0) is 11.8 Å². The van der Waals surface area contributed by atoms with E-state index in [1.165, 1.54) is 0 Å². The van der Waals surface area contributed by atoms with Crippen LogP contribution in [0.2, 0.25) is 0 Å². The normalized spacial score (nSPS) is 11.0. The molecule has 146 valence electrons. The first-order valence-electron chi connectivity index (χ1n) is 9.27. The van der Waals surface area contributed by atoms with Crippen LogP contribution in [-0.4, -0.2) is 30.9 Å². The van der Waals surface area contributed by atoms with Crippen molar-refractivity contribution in [1.29, 1.82) is 0 Å². The van der Waals surface area contributed by atoms with Crippen molar-refractivity contribution in [3.8, 4) is 11.3 Å². The second-order valence-electron chi connectivity index (χ2n) is 7.01. The zero-order valence-electron chi connectivity index (χ0n) is 16.7. The maximum atomic E-state index is 12.9. The number of hydrogen-bond acceptors (Lipinski definition) is 4. The molecule has 0 bridgehead atoms. The van der Waals surface area contributed by atoms with E-state index < -0.39 is 11.7 Å². The van der Waals surface area contributed by atoms with Gasteiger partial charge in [0.05, 0.1) is 11.3 Å². The van der Waals surface area contributed by atoms with Gasteiger partial charge >= 0.3 is 0 Å². The Bertz CT molecular complexity index is 1250. The molecule has 4 aromatic rings. The zero-order valence-corrected chi connectivity index (χ0v) is 16.7. The number of carbonyl (C=O) groups excluding carboxylic acids is 2. The number of Topliss-reactive ketones (excluding diaryl/α,β-unsaturated/α-hetero) is 1. The van der Waals surface area contributed by atoms with E-state index in [2.05, 4.69) is 10.4 Å². The number of benzene rings is 1. The summed E-state index contributed by atoms with van der Waals surface area (Å²) >= 11 is 0. The Kier molecular flexibility index (Phi) is 4.50. The highest BCUT2D eigenvalue weighted by Gasteiger charge is 2.26. The van der Waals surface area contributed by atoms with Crippen molar-refractivity contribution in [2.75, 3.05) is 5.32 Å². The van der Waals surface area contributed by atoms with Crippen molar-refractivity contribution in [3.63, 3.8) is 0 Å². The lowest BCUT2D eigenvalue weighted by Crippen LogP contribution is -2.25. The van der Waals surface area contributed by atoms with E-state index in [1.807, 2.05) is 55.6 Å². The number of amides is 1. The fraction of sp³-hybridized carbons (Fsp3) is 0.182. The molecule has 0 unspecified atom stereocenters. The molecule has 1 amide bonds. The molecule has 7 heteroatoms. The quantitative estimate of drug-likeness (QED) is 0.429. The number of imidazole rings is 1. The Balaban J connectivity index is 1.80. The number of pyridine rings is 1. The van der Waals surface area contributed by atoms with E-state index in [4.69, 9.17) is 4.98 Å². The summed E-state index contributed by atoms with van der Waals surface area (Å²) in [5.74, 6) is -0.869. The van der Waals surface area contributed by atoms with Gasteiger partial charge in [-0.25, -0.2) is 4.98 Å². The average Bonchev–Trinajstić information content (AvgIpc) is 3.20. The molecule has 3 heterocycles. The summed E-state index contributed by atoms with van der Waals surface area (Å²) in [6, 6.07) is 13.4. The van der Waals surface area contributed by atoms with Gasteiger partial charge in [0.2, 0.25) is 0 Å². The first-order chi connectivity index (χ1) is 13.9. The topological polar surface area (TPSA) is 81.3 Å². The number of nitrogens with one attached hydrogen (secondary N) is 1. The highest BCUT2D eigenvalue weighted by molar-refractivity contribution is 6.47. The molecule has 3 aromatic heterocycles. The minimum Gasteiger partial charge on any atom is -0.303 e. The lowest BCUT2D eigenvalue weighted by Gasteiger charge is -2.08. The fourth-order valence-corrected chi connectivity index (χ4v) is 3.50. The molecule has 0 fully saturated rings. The lowest BCUT2D eigenvalue weighted by molar-refractivity contribution is -0.112. The molecule has 0 spiro atoms. The van der Waals surface area contributed by atoms with Crippen LogP contribution in [0.5, 0.6) is 0 Å². The lowest BCUT2D eigenvalue weighted by atomic mass is 10.1. The van der Waals surface area contributed by atoms with Gasteiger partial charge in [-0.2, -0.15) is 5.10 Å². The number of aryl methyl sites for hydroxylation is 3. The van der Waals surface area contributed by atoms with Crippen molar-refractivity contribution in [1.82, 2.24) is 19.2 Å². The molecule has 7 nitrogen and oxygen atoms in total. The first kappa shape index (κ1) is 18.6. The number of nitrogens with zero attached hydrogens (tertiary/aromatic N) is 4. The van der Waals surface area contributed by atoms with E-state index in [0.29, 0.717) is 28.5 Å². The Morgan fingerprint density at radius 1 is 1.00 bits per heavy atom. The molecular formula is C22H21N5O2. The van der Waals surface area contributed by atoms with Gasteiger partial charge in [0.15, 0.2) is 0 Å². The number of hydrogen-bond donors (Lipinski definition) is 1. The monoisotopic (exact) mass is 387 g/mol. The highest BCUT2D eigenvalue weighted by atomic mass is 16.2. The largest absolute Gasteiger partial charge is 0.303 e. The van der Waals surface area contributed by atoms with Crippen LogP contribution >= 0.6 is 0 Å². The molecule has 0 atom stereocenters. The molecule has 1 N–H and O–H groups in total. The molecular weight excluding hydrogens is 366 g/mol. The number of aromatic nitrogens is 4. The predicted octanol–water partition coefficient (Wildman–Crippen LogP) is 3.48. The van der Waals surface area contributed by atoms with Gasteiger partial charge in [-0.1, -0.05) is 36.4 Å².